The van der Waals surface area contributed by atoms with Gasteiger partial charge in [0.2, 0.25) is 0 Å². The van der Waals surface area contributed by atoms with Crippen molar-refractivity contribution in [3.8, 4) is 10.6 Å². The highest BCUT2D eigenvalue weighted by molar-refractivity contribution is 7.15. The Bertz CT molecular complexity index is 488. The number of nitrogens with one attached hydrogen (secondary N) is 1. The Morgan fingerprint density at radius 1 is 1.24 bits per heavy atom. The van der Waals surface area contributed by atoms with Crippen LogP contribution in [0.5, 0.6) is 0 Å². The Balaban J connectivity index is 2.24. The topological polar surface area (TPSA) is 24.9 Å². The average Bonchev–Trinajstić information content (AvgIpc) is 2.77. The molecule has 1 N–H and O–H groups in total. The van der Waals surface area contributed by atoms with E-state index in [-0.39, 0.29) is 0 Å². The van der Waals surface area contributed by atoms with E-state index in [9.17, 15) is 0 Å². The standard InChI is InChI=1S/C14H18N2S/c1-10(2)9-11-7-8-13(17-11)12-5-4-6-14(15-3)16-12/h4-8,10H,9H2,1-3H3,(H,15,16). The van der Waals surface area contributed by atoms with Gasteiger partial charge in [-0.05, 0) is 36.6 Å². The number of hydrogen-bond acceptors (Lipinski definition) is 3. The molecule has 0 aromatic carbocycles. The Morgan fingerprint density at radius 3 is 2.76 bits per heavy atom. The summed E-state index contributed by atoms with van der Waals surface area (Å²) in [6.07, 6.45) is 1.15. The Morgan fingerprint density at radius 2 is 2.06 bits per heavy atom. The molecule has 0 spiro atoms. The van der Waals surface area contributed by atoms with Crippen LogP contribution in [-0.4, -0.2) is 12.0 Å². The van der Waals surface area contributed by atoms with Crippen LogP contribution in [0.3, 0.4) is 0 Å². The van der Waals surface area contributed by atoms with E-state index >= 15 is 0 Å². The van der Waals surface area contributed by atoms with E-state index in [1.165, 1.54) is 9.75 Å². The first kappa shape index (κ1) is 12.1. The number of pyridine rings is 1. The molecule has 0 radical (unpaired) electrons. The summed E-state index contributed by atoms with van der Waals surface area (Å²) in [6, 6.07) is 10.5. The van der Waals surface area contributed by atoms with E-state index in [4.69, 9.17) is 0 Å². The molecule has 90 valence electrons. The first-order valence-electron chi connectivity index (χ1n) is 5.93. The lowest BCUT2D eigenvalue weighted by atomic mass is 10.1. The van der Waals surface area contributed by atoms with Crippen LogP contribution in [0.25, 0.3) is 10.6 Å². The number of rotatable bonds is 4. The van der Waals surface area contributed by atoms with Gasteiger partial charge >= 0.3 is 0 Å². The molecule has 0 amide bonds. The molecule has 0 aliphatic heterocycles. The fourth-order valence-corrected chi connectivity index (χ4v) is 2.93. The van der Waals surface area contributed by atoms with E-state index in [0.717, 1.165) is 17.9 Å². The van der Waals surface area contributed by atoms with E-state index in [2.05, 4.69) is 42.3 Å². The summed E-state index contributed by atoms with van der Waals surface area (Å²) >= 11 is 1.84. The predicted molar refractivity (Wildman–Crippen MR) is 75.6 cm³/mol. The fraction of sp³-hybridized carbons (Fsp3) is 0.357. The van der Waals surface area contributed by atoms with Gasteiger partial charge in [-0.15, -0.1) is 11.3 Å². The van der Waals surface area contributed by atoms with Gasteiger partial charge in [0, 0.05) is 11.9 Å². The van der Waals surface area contributed by atoms with Gasteiger partial charge in [0.05, 0.1) is 10.6 Å². The predicted octanol–water partition coefficient (Wildman–Crippen LogP) is 4.05. The SMILES string of the molecule is CNc1cccc(-c2ccc(CC(C)C)s2)n1. The molecule has 2 rings (SSSR count). The largest absolute Gasteiger partial charge is 0.373 e. The van der Waals surface area contributed by atoms with Crippen molar-refractivity contribution in [1.82, 2.24) is 4.98 Å². The number of hydrogen-bond donors (Lipinski definition) is 1. The van der Waals surface area contributed by atoms with Crippen molar-refractivity contribution in [2.75, 3.05) is 12.4 Å². The zero-order valence-corrected chi connectivity index (χ0v) is 11.3. The first-order chi connectivity index (χ1) is 8.19. The quantitative estimate of drug-likeness (QED) is 0.880. The number of aromatic nitrogens is 1. The molecule has 2 heterocycles. The second-order valence-corrected chi connectivity index (χ2v) is 5.69. The minimum atomic E-state index is 0.707. The minimum Gasteiger partial charge on any atom is -0.373 e. The molecule has 2 nitrogen and oxygen atoms in total. The Kier molecular flexibility index (Phi) is 3.79. The minimum absolute atomic E-state index is 0.707. The molecule has 0 fully saturated rings. The highest BCUT2D eigenvalue weighted by Crippen LogP contribution is 2.28. The van der Waals surface area contributed by atoms with E-state index in [0.29, 0.717) is 5.92 Å². The summed E-state index contributed by atoms with van der Waals surface area (Å²) in [6.45, 7) is 4.50. The van der Waals surface area contributed by atoms with Crippen LogP contribution in [0.1, 0.15) is 18.7 Å². The monoisotopic (exact) mass is 246 g/mol. The smallest absolute Gasteiger partial charge is 0.126 e. The van der Waals surface area contributed by atoms with Crippen molar-refractivity contribution >= 4 is 17.2 Å². The fourth-order valence-electron chi connectivity index (χ4n) is 1.74. The molecule has 0 aliphatic carbocycles. The summed E-state index contributed by atoms with van der Waals surface area (Å²) < 4.78 is 0. The number of thiophene rings is 1. The van der Waals surface area contributed by atoms with E-state index < -0.39 is 0 Å². The molecular formula is C14H18N2S. The van der Waals surface area contributed by atoms with Crippen molar-refractivity contribution in [3.63, 3.8) is 0 Å². The normalized spacial score (nSPS) is 10.8. The molecule has 0 atom stereocenters. The van der Waals surface area contributed by atoms with E-state index in [1.54, 1.807) is 0 Å². The van der Waals surface area contributed by atoms with Crippen LogP contribution in [0.15, 0.2) is 30.3 Å². The molecule has 2 aromatic heterocycles. The molecule has 0 unspecified atom stereocenters. The summed E-state index contributed by atoms with van der Waals surface area (Å²) in [5.41, 5.74) is 1.05. The first-order valence-corrected chi connectivity index (χ1v) is 6.74. The van der Waals surface area contributed by atoms with E-state index in [1.807, 2.05) is 30.5 Å². The Labute approximate surface area is 107 Å². The van der Waals surface area contributed by atoms with Crippen molar-refractivity contribution in [3.05, 3.63) is 35.2 Å². The van der Waals surface area contributed by atoms with Crippen molar-refractivity contribution in [2.45, 2.75) is 20.3 Å². The average molecular weight is 246 g/mol. The maximum atomic E-state index is 4.55. The zero-order chi connectivity index (χ0) is 12.3. The van der Waals surface area contributed by atoms with Crippen LogP contribution in [0, 0.1) is 5.92 Å². The van der Waals surface area contributed by atoms with Gasteiger partial charge in [0.15, 0.2) is 0 Å². The van der Waals surface area contributed by atoms with Gasteiger partial charge in [-0.3, -0.25) is 0 Å². The molecular weight excluding hydrogens is 228 g/mol. The highest BCUT2D eigenvalue weighted by Gasteiger charge is 2.06. The van der Waals surface area contributed by atoms with Crippen LogP contribution in [0.4, 0.5) is 5.82 Å². The third-order valence-corrected chi connectivity index (χ3v) is 3.66. The second-order valence-electron chi connectivity index (χ2n) is 4.52. The molecule has 17 heavy (non-hydrogen) atoms. The maximum absolute atomic E-state index is 4.55. The summed E-state index contributed by atoms with van der Waals surface area (Å²) in [4.78, 5) is 7.24. The van der Waals surface area contributed by atoms with Gasteiger partial charge in [0.25, 0.3) is 0 Å². The number of nitrogens with zero attached hydrogens (tertiary/aromatic N) is 1. The molecule has 3 heteroatoms. The highest BCUT2D eigenvalue weighted by atomic mass is 32.1. The third-order valence-electron chi connectivity index (χ3n) is 2.53. The van der Waals surface area contributed by atoms with Gasteiger partial charge in [-0.25, -0.2) is 4.98 Å². The summed E-state index contributed by atoms with van der Waals surface area (Å²) in [5.74, 6) is 1.62. The lowest BCUT2D eigenvalue weighted by Gasteiger charge is -2.02. The van der Waals surface area contributed by atoms with Crippen LogP contribution < -0.4 is 5.32 Å². The van der Waals surface area contributed by atoms with Crippen molar-refractivity contribution < 1.29 is 0 Å². The summed E-state index contributed by atoms with van der Waals surface area (Å²) in [5, 5.41) is 3.07. The van der Waals surface area contributed by atoms with Crippen LogP contribution in [-0.2, 0) is 6.42 Å². The van der Waals surface area contributed by atoms with Crippen molar-refractivity contribution in [2.24, 2.45) is 5.92 Å². The molecule has 0 bridgehead atoms. The lowest BCUT2D eigenvalue weighted by molar-refractivity contribution is 0.654. The van der Waals surface area contributed by atoms with Gasteiger partial charge < -0.3 is 5.32 Å². The molecule has 2 aromatic rings. The second kappa shape index (κ2) is 5.32. The van der Waals surface area contributed by atoms with Gasteiger partial charge in [-0.2, -0.15) is 0 Å². The maximum Gasteiger partial charge on any atom is 0.126 e. The van der Waals surface area contributed by atoms with Crippen LogP contribution in [0.2, 0.25) is 0 Å². The third kappa shape index (κ3) is 3.07. The van der Waals surface area contributed by atoms with Gasteiger partial charge in [0.1, 0.15) is 5.82 Å². The van der Waals surface area contributed by atoms with Gasteiger partial charge in [-0.1, -0.05) is 19.9 Å². The van der Waals surface area contributed by atoms with Crippen LogP contribution >= 0.6 is 11.3 Å². The zero-order valence-electron chi connectivity index (χ0n) is 10.5. The molecule has 0 aliphatic rings. The number of anilines is 1. The lowest BCUT2D eigenvalue weighted by Crippen LogP contribution is -1.92. The molecule has 0 saturated heterocycles. The van der Waals surface area contributed by atoms with Crippen molar-refractivity contribution in [1.29, 1.82) is 0 Å². The summed E-state index contributed by atoms with van der Waals surface area (Å²) in [7, 11) is 1.89. The molecule has 0 saturated carbocycles. The Hall–Kier alpha value is -1.35.